The van der Waals surface area contributed by atoms with Crippen molar-refractivity contribution in [2.24, 2.45) is 0 Å². The zero-order chi connectivity index (χ0) is 32.6. The van der Waals surface area contributed by atoms with Crippen LogP contribution in [0.15, 0.2) is 39.5 Å². The van der Waals surface area contributed by atoms with Crippen LogP contribution in [0.4, 0.5) is 0 Å². The number of rotatable bonds is 9. The highest BCUT2D eigenvalue weighted by Crippen LogP contribution is 2.42. The predicted molar refractivity (Wildman–Crippen MR) is 154 cm³/mol. The summed E-state index contributed by atoms with van der Waals surface area (Å²) in [7, 11) is 5.78. The molecule has 246 valence electrons. The fourth-order valence-corrected chi connectivity index (χ4v) is 5.23. The van der Waals surface area contributed by atoms with Gasteiger partial charge in [0.15, 0.2) is 29.3 Å². The van der Waals surface area contributed by atoms with Gasteiger partial charge in [0.05, 0.1) is 41.2 Å². The highest BCUT2D eigenvalue weighted by molar-refractivity contribution is 5.86. The summed E-state index contributed by atoms with van der Waals surface area (Å²) in [6.45, 7) is 1.13. The van der Waals surface area contributed by atoms with E-state index in [9.17, 15) is 30.3 Å². The lowest BCUT2D eigenvalue weighted by molar-refractivity contribution is -0.341. The van der Waals surface area contributed by atoms with Gasteiger partial charge in [0.2, 0.25) is 12.0 Å². The second-order valence-corrected chi connectivity index (χ2v) is 10.5. The highest BCUT2D eigenvalue weighted by Gasteiger charge is 2.49. The van der Waals surface area contributed by atoms with Crippen molar-refractivity contribution in [1.29, 1.82) is 0 Å². The Balaban J connectivity index is 1.54. The Morgan fingerprint density at radius 3 is 2.07 bits per heavy atom. The average molecular weight is 637 g/mol. The smallest absolute Gasteiger partial charge is 0.229 e. The van der Waals surface area contributed by atoms with Gasteiger partial charge in [0, 0.05) is 23.8 Å². The Morgan fingerprint density at radius 2 is 1.44 bits per heavy atom. The van der Waals surface area contributed by atoms with E-state index in [4.69, 9.17) is 42.3 Å². The van der Waals surface area contributed by atoms with Gasteiger partial charge in [-0.1, -0.05) is 0 Å². The number of methoxy groups -OCH3 is 4. The molecule has 9 atom stereocenters. The summed E-state index contributed by atoms with van der Waals surface area (Å²) in [5, 5.41) is 51.7. The van der Waals surface area contributed by atoms with Gasteiger partial charge in [-0.05, 0) is 19.1 Å². The molecule has 0 unspecified atom stereocenters. The van der Waals surface area contributed by atoms with Crippen molar-refractivity contribution in [3.8, 4) is 40.1 Å². The number of ether oxygens (including phenoxy) is 8. The lowest BCUT2D eigenvalue weighted by Gasteiger charge is -2.44. The zero-order valence-electron chi connectivity index (χ0n) is 25.1. The third-order valence-electron chi connectivity index (χ3n) is 7.73. The first-order chi connectivity index (χ1) is 21.5. The first kappa shape index (κ1) is 32.7. The SMILES string of the molecule is COc1cc(O[C@@H]2O[C@H](C)[C@H](O)[C@@H](O)[C@@H]2O[C@@H]2OC[C@H](O)[C@H](O)[C@@H]2O)c2c(=O)cc(-c3cc(OC)c(OC)c(OC)c3)oc2c1. The van der Waals surface area contributed by atoms with Crippen LogP contribution in [0.2, 0.25) is 0 Å². The number of fused-ring (bicyclic) bond motifs is 1. The Labute approximate surface area is 256 Å². The molecule has 45 heavy (non-hydrogen) atoms. The summed E-state index contributed by atoms with van der Waals surface area (Å²) < 4.78 is 50.8. The number of benzene rings is 2. The summed E-state index contributed by atoms with van der Waals surface area (Å²) in [5.41, 5.74) is 0.00974. The molecule has 2 aliphatic heterocycles. The third kappa shape index (κ3) is 6.25. The minimum absolute atomic E-state index is 0.00454. The number of aliphatic hydroxyl groups is 5. The molecule has 3 heterocycles. The van der Waals surface area contributed by atoms with Crippen LogP contribution in [-0.4, -0.2) is 116 Å². The molecule has 2 fully saturated rings. The van der Waals surface area contributed by atoms with Crippen molar-refractivity contribution in [3.63, 3.8) is 0 Å². The molecule has 0 saturated carbocycles. The molecule has 3 aromatic rings. The molecule has 0 amide bonds. The average Bonchev–Trinajstić information content (AvgIpc) is 3.04. The number of hydrogen-bond acceptors (Lipinski definition) is 15. The molecular weight excluding hydrogens is 600 g/mol. The van der Waals surface area contributed by atoms with Crippen LogP contribution in [-0.2, 0) is 14.2 Å². The Hall–Kier alpha value is -3.67. The van der Waals surface area contributed by atoms with E-state index in [2.05, 4.69) is 0 Å². The van der Waals surface area contributed by atoms with Gasteiger partial charge in [0.1, 0.15) is 58.7 Å². The van der Waals surface area contributed by atoms with Crippen molar-refractivity contribution < 1.29 is 67.8 Å². The topological polar surface area (TPSA) is 205 Å². The molecule has 5 N–H and O–H groups in total. The van der Waals surface area contributed by atoms with Crippen molar-refractivity contribution in [2.75, 3.05) is 35.0 Å². The molecule has 5 rings (SSSR count). The second-order valence-electron chi connectivity index (χ2n) is 10.5. The summed E-state index contributed by atoms with van der Waals surface area (Å²) in [6, 6.07) is 7.38. The quantitative estimate of drug-likeness (QED) is 0.212. The second kappa shape index (κ2) is 13.4. The maximum Gasteiger partial charge on any atom is 0.229 e. The third-order valence-corrected chi connectivity index (χ3v) is 7.73. The van der Waals surface area contributed by atoms with E-state index in [0.29, 0.717) is 22.8 Å². The molecule has 0 aliphatic carbocycles. The van der Waals surface area contributed by atoms with E-state index in [-0.39, 0.29) is 34.8 Å². The van der Waals surface area contributed by atoms with Crippen LogP contribution in [0.3, 0.4) is 0 Å². The highest BCUT2D eigenvalue weighted by atomic mass is 16.8. The van der Waals surface area contributed by atoms with Gasteiger partial charge in [-0.2, -0.15) is 0 Å². The summed E-state index contributed by atoms with van der Waals surface area (Å²) in [4.78, 5) is 13.6. The normalized spacial score (nSPS) is 30.1. The van der Waals surface area contributed by atoms with Crippen LogP contribution in [0.25, 0.3) is 22.3 Å². The maximum atomic E-state index is 13.6. The van der Waals surface area contributed by atoms with Gasteiger partial charge >= 0.3 is 0 Å². The van der Waals surface area contributed by atoms with Gasteiger partial charge in [-0.3, -0.25) is 4.79 Å². The first-order valence-corrected chi connectivity index (χ1v) is 14.0. The fraction of sp³-hybridized carbons (Fsp3) is 0.500. The minimum atomic E-state index is -1.70. The van der Waals surface area contributed by atoms with Crippen molar-refractivity contribution in [2.45, 2.75) is 62.2 Å². The standard InChI is InChI=1S/C30H36O15/c1-12-23(33)25(35)28(45-29-26(36)24(34)16(32)11-41-29)30(42-12)44-19-9-14(37-2)8-18-22(19)15(31)10-17(43-18)13-6-20(38-3)27(40-5)21(7-13)39-4/h6-10,12,16,23-26,28-30,32-36H,11H2,1-5H3/t12-,16+,23+,24+,25-,26+,28+,29+,30+/m1/s1. The Kier molecular flexibility index (Phi) is 9.71. The predicted octanol–water partition coefficient (Wildman–Crippen LogP) is 0.164. The van der Waals surface area contributed by atoms with Crippen LogP contribution in [0.5, 0.6) is 28.7 Å². The van der Waals surface area contributed by atoms with Crippen LogP contribution in [0.1, 0.15) is 6.92 Å². The monoisotopic (exact) mass is 636 g/mol. The Morgan fingerprint density at radius 1 is 0.756 bits per heavy atom. The van der Waals surface area contributed by atoms with E-state index in [1.807, 2.05) is 0 Å². The number of aliphatic hydroxyl groups excluding tert-OH is 5. The summed E-state index contributed by atoms with van der Waals surface area (Å²) in [6.07, 6.45) is -13.1. The molecular formula is C30H36O15. The molecule has 0 bridgehead atoms. The largest absolute Gasteiger partial charge is 0.496 e. The summed E-state index contributed by atoms with van der Waals surface area (Å²) >= 11 is 0. The van der Waals surface area contributed by atoms with E-state index in [0.717, 1.165) is 0 Å². The van der Waals surface area contributed by atoms with Gasteiger partial charge in [0.25, 0.3) is 0 Å². The van der Waals surface area contributed by atoms with Gasteiger partial charge < -0.3 is 67.8 Å². The molecule has 15 nitrogen and oxygen atoms in total. The molecule has 2 saturated heterocycles. The van der Waals surface area contributed by atoms with Crippen molar-refractivity contribution in [1.82, 2.24) is 0 Å². The molecule has 2 aliphatic rings. The zero-order valence-corrected chi connectivity index (χ0v) is 25.1. The van der Waals surface area contributed by atoms with Crippen LogP contribution in [0, 0.1) is 0 Å². The number of hydrogen-bond donors (Lipinski definition) is 5. The van der Waals surface area contributed by atoms with E-state index >= 15 is 0 Å². The van der Waals surface area contributed by atoms with Crippen molar-refractivity contribution in [3.05, 3.63) is 40.6 Å². The van der Waals surface area contributed by atoms with Crippen LogP contribution < -0.4 is 29.1 Å². The summed E-state index contributed by atoms with van der Waals surface area (Å²) in [5.74, 6) is 1.38. The molecule has 0 radical (unpaired) electrons. The molecule has 0 spiro atoms. The van der Waals surface area contributed by atoms with E-state index in [1.54, 1.807) is 12.1 Å². The first-order valence-electron chi connectivity index (χ1n) is 14.0. The molecule has 1 aromatic heterocycles. The maximum absolute atomic E-state index is 13.6. The minimum Gasteiger partial charge on any atom is -0.496 e. The lowest BCUT2D eigenvalue weighted by Crippen LogP contribution is -2.62. The van der Waals surface area contributed by atoms with E-state index in [1.165, 1.54) is 53.6 Å². The van der Waals surface area contributed by atoms with Gasteiger partial charge in [-0.15, -0.1) is 0 Å². The Bertz CT molecular complexity index is 1530. The van der Waals surface area contributed by atoms with Gasteiger partial charge in [-0.25, -0.2) is 0 Å². The van der Waals surface area contributed by atoms with Crippen LogP contribution >= 0.6 is 0 Å². The van der Waals surface area contributed by atoms with Crippen molar-refractivity contribution >= 4 is 11.0 Å². The van der Waals surface area contributed by atoms with E-state index < -0.39 is 60.7 Å². The molecule has 15 heteroatoms. The lowest BCUT2D eigenvalue weighted by atomic mass is 9.99. The fourth-order valence-electron chi connectivity index (χ4n) is 5.23. The molecule has 2 aromatic carbocycles.